The zero-order valence-electron chi connectivity index (χ0n) is 12.3. The van der Waals surface area contributed by atoms with Crippen LogP contribution in [0.1, 0.15) is 18.9 Å². The third kappa shape index (κ3) is 3.96. The van der Waals surface area contributed by atoms with E-state index in [9.17, 15) is 8.42 Å². The highest BCUT2D eigenvalue weighted by Crippen LogP contribution is 2.27. The van der Waals surface area contributed by atoms with Crippen molar-refractivity contribution < 1.29 is 13.2 Å². The van der Waals surface area contributed by atoms with E-state index in [1.165, 1.54) is 4.31 Å². The Morgan fingerprint density at radius 2 is 2.24 bits per heavy atom. The van der Waals surface area contributed by atoms with Crippen LogP contribution in [0.15, 0.2) is 23.1 Å². The van der Waals surface area contributed by atoms with Gasteiger partial charge in [-0.3, -0.25) is 0 Å². The molecule has 0 amide bonds. The molecule has 1 aromatic carbocycles. The maximum absolute atomic E-state index is 12.8. The Morgan fingerprint density at radius 1 is 1.48 bits per heavy atom. The van der Waals surface area contributed by atoms with E-state index in [1.807, 2.05) is 20.0 Å². The molecule has 1 saturated heterocycles. The first-order valence-electron chi connectivity index (χ1n) is 7.00. The summed E-state index contributed by atoms with van der Waals surface area (Å²) in [5, 5.41) is 3.26. The number of nitrogens with zero attached hydrogens (tertiary/aromatic N) is 1. The van der Waals surface area contributed by atoms with Crippen molar-refractivity contribution >= 4 is 21.6 Å². The van der Waals surface area contributed by atoms with Crippen LogP contribution >= 0.6 is 11.6 Å². The first kappa shape index (κ1) is 16.7. The largest absolute Gasteiger partial charge is 0.377 e. The number of hydrogen-bond acceptors (Lipinski definition) is 4. The molecule has 1 unspecified atom stereocenters. The molecule has 1 aliphatic rings. The average Bonchev–Trinajstić information content (AvgIpc) is 2.66. The van der Waals surface area contributed by atoms with E-state index < -0.39 is 10.0 Å². The number of ether oxygens (including phenoxy) is 1. The van der Waals surface area contributed by atoms with Crippen molar-refractivity contribution in [1.29, 1.82) is 0 Å². The Bertz CT molecular complexity index is 592. The summed E-state index contributed by atoms with van der Waals surface area (Å²) in [5.41, 5.74) is 0.889. The Balaban J connectivity index is 2.35. The predicted molar refractivity (Wildman–Crippen MR) is 83.0 cm³/mol. The Kier molecular flexibility index (Phi) is 5.62. The Labute approximate surface area is 131 Å². The van der Waals surface area contributed by atoms with Gasteiger partial charge in [-0.25, -0.2) is 8.42 Å². The SMILES string of the molecule is CNCc1ccc(Cl)c(S(=O)(=O)N2CCCOC(C)C2)c1. The van der Waals surface area contributed by atoms with E-state index in [0.717, 1.165) is 5.56 Å². The highest BCUT2D eigenvalue weighted by atomic mass is 35.5. The molecule has 118 valence electrons. The van der Waals surface area contributed by atoms with E-state index in [-0.39, 0.29) is 16.0 Å². The van der Waals surface area contributed by atoms with E-state index in [4.69, 9.17) is 16.3 Å². The van der Waals surface area contributed by atoms with Crippen LogP contribution in [0, 0.1) is 0 Å². The highest BCUT2D eigenvalue weighted by Gasteiger charge is 2.29. The first-order valence-corrected chi connectivity index (χ1v) is 8.81. The smallest absolute Gasteiger partial charge is 0.244 e. The van der Waals surface area contributed by atoms with Crippen molar-refractivity contribution in [2.75, 3.05) is 26.7 Å². The van der Waals surface area contributed by atoms with Crippen LogP contribution < -0.4 is 5.32 Å². The fourth-order valence-electron chi connectivity index (χ4n) is 2.37. The summed E-state index contributed by atoms with van der Waals surface area (Å²) in [4.78, 5) is 0.172. The molecule has 1 aromatic rings. The van der Waals surface area contributed by atoms with Gasteiger partial charge in [-0.15, -0.1) is 0 Å². The number of sulfonamides is 1. The van der Waals surface area contributed by atoms with Gasteiger partial charge in [0.2, 0.25) is 10.0 Å². The Hall–Kier alpha value is -0.660. The van der Waals surface area contributed by atoms with Crippen LogP contribution in [0.4, 0.5) is 0 Å². The topological polar surface area (TPSA) is 58.6 Å². The summed E-state index contributed by atoms with van der Waals surface area (Å²) in [6.45, 7) is 3.88. The second-order valence-electron chi connectivity index (χ2n) is 5.19. The van der Waals surface area contributed by atoms with E-state index >= 15 is 0 Å². The summed E-state index contributed by atoms with van der Waals surface area (Å²) in [6, 6.07) is 5.11. The zero-order valence-corrected chi connectivity index (χ0v) is 13.9. The normalized spacial score (nSPS) is 21.2. The molecule has 0 bridgehead atoms. The molecule has 1 heterocycles. The van der Waals surface area contributed by atoms with Gasteiger partial charge in [0.05, 0.1) is 11.1 Å². The molecule has 1 N–H and O–H groups in total. The maximum Gasteiger partial charge on any atom is 0.244 e. The van der Waals surface area contributed by atoms with Gasteiger partial charge in [-0.2, -0.15) is 4.31 Å². The molecule has 7 heteroatoms. The van der Waals surface area contributed by atoms with Crippen LogP contribution in [0.3, 0.4) is 0 Å². The molecule has 5 nitrogen and oxygen atoms in total. The molecule has 21 heavy (non-hydrogen) atoms. The van der Waals surface area contributed by atoms with Gasteiger partial charge in [0.15, 0.2) is 0 Å². The summed E-state index contributed by atoms with van der Waals surface area (Å²) < 4.78 is 32.6. The molecule has 1 fully saturated rings. The molecular weight excluding hydrogens is 312 g/mol. The minimum atomic E-state index is -3.60. The van der Waals surface area contributed by atoms with Crippen LogP contribution in [-0.4, -0.2) is 45.6 Å². The molecule has 0 radical (unpaired) electrons. The maximum atomic E-state index is 12.8. The van der Waals surface area contributed by atoms with E-state index in [2.05, 4.69) is 5.32 Å². The third-order valence-corrected chi connectivity index (χ3v) is 5.76. The van der Waals surface area contributed by atoms with Crippen molar-refractivity contribution in [3.8, 4) is 0 Å². The highest BCUT2D eigenvalue weighted by molar-refractivity contribution is 7.89. The standard InChI is InChI=1S/C14H21ClN2O3S/c1-11-10-17(6-3-7-20-11)21(18,19)14-8-12(9-16-2)4-5-13(14)15/h4-5,8,11,16H,3,6-7,9-10H2,1-2H3. The lowest BCUT2D eigenvalue weighted by Crippen LogP contribution is -2.36. The molecule has 1 aliphatic heterocycles. The third-order valence-electron chi connectivity index (χ3n) is 3.41. The van der Waals surface area contributed by atoms with Gasteiger partial charge in [0, 0.05) is 26.2 Å². The lowest BCUT2D eigenvalue weighted by Gasteiger charge is -2.22. The number of benzene rings is 1. The van der Waals surface area contributed by atoms with Gasteiger partial charge in [-0.05, 0) is 38.1 Å². The van der Waals surface area contributed by atoms with E-state index in [1.54, 1.807) is 12.1 Å². The molecule has 1 atom stereocenters. The quantitative estimate of drug-likeness (QED) is 0.914. The molecule has 0 aromatic heterocycles. The molecule has 0 aliphatic carbocycles. The molecule has 0 spiro atoms. The number of rotatable bonds is 4. The van der Waals surface area contributed by atoms with Crippen molar-refractivity contribution in [2.24, 2.45) is 0 Å². The van der Waals surface area contributed by atoms with Crippen molar-refractivity contribution in [1.82, 2.24) is 9.62 Å². The zero-order chi connectivity index (χ0) is 15.5. The summed E-state index contributed by atoms with van der Waals surface area (Å²) in [5.74, 6) is 0. The summed E-state index contributed by atoms with van der Waals surface area (Å²) in [7, 11) is -1.78. The van der Waals surface area contributed by atoms with Crippen LogP contribution in [-0.2, 0) is 21.3 Å². The van der Waals surface area contributed by atoms with Gasteiger partial charge < -0.3 is 10.1 Å². The van der Waals surface area contributed by atoms with Gasteiger partial charge in [-0.1, -0.05) is 17.7 Å². The van der Waals surface area contributed by atoms with Crippen molar-refractivity contribution in [2.45, 2.75) is 30.9 Å². The molecule has 0 saturated carbocycles. The van der Waals surface area contributed by atoms with Gasteiger partial charge >= 0.3 is 0 Å². The van der Waals surface area contributed by atoms with Crippen molar-refractivity contribution in [3.63, 3.8) is 0 Å². The molecule has 2 rings (SSSR count). The fourth-order valence-corrected chi connectivity index (χ4v) is 4.45. The summed E-state index contributed by atoms with van der Waals surface area (Å²) >= 11 is 6.12. The molecular formula is C14H21ClN2O3S. The van der Waals surface area contributed by atoms with Crippen LogP contribution in [0.25, 0.3) is 0 Å². The second-order valence-corrected chi connectivity index (χ2v) is 7.51. The van der Waals surface area contributed by atoms with Crippen LogP contribution in [0.5, 0.6) is 0 Å². The second kappa shape index (κ2) is 7.07. The van der Waals surface area contributed by atoms with Crippen molar-refractivity contribution in [3.05, 3.63) is 28.8 Å². The van der Waals surface area contributed by atoms with Gasteiger partial charge in [0.1, 0.15) is 4.90 Å². The number of nitrogens with one attached hydrogen (secondary N) is 1. The van der Waals surface area contributed by atoms with Crippen LogP contribution in [0.2, 0.25) is 5.02 Å². The predicted octanol–water partition coefficient (Wildman–Crippen LogP) is 1.86. The minimum Gasteiger partial charge on any atom is -0.377 e. The van der Waals surface area contributed by atoms with E-state index in [0.29, 0.717) is 32.7 Å². The number of hydrogen-bond donors (Lipinski definition) is 1. The first-order chi connectivity index (χ1) is 9.95. The lowest BCUT2D eigenvalue weighted by molar-refractivity contribution is 0.0752. The average molecular weight is 333 g/mol. The fraction of sp³-hybridized carbons (Fsp3) is 0.571. The summed E-state index contributed by atoms with van der Waals surface area (Å²) in [6.07, 6.45) is 0.582. The monoisotopic (exact) mass is 332 g/mol. The lowest BCUT2D eigenvalue weighted by atomic mass is 10.2. The Morgan fingerprint density at radius 3 is 2.95 bits per heavy atom. The van der Waals surface area contributed by atoms with Gasteiger partial charge in [0.25, 0.3) is 0 Å². The number of halogens is 1. The minimum absolute atomic E-state index is 0.110.